The molecule has 1 heterocycles. The molecule has 0 spiro atoms. The van der Waals surface area contributed by atoms with E-state index in [-0.39, 0.29) is 5.35 Å². The molecule has 0 aliphatic rings. The van der Waals surface area contributed by atoms with Gasteiger partial charge in [-0.25, -0.2) is 4.98 Å². The highest BCUT2D eigenvalue weighted by Gasteiger charge is 2.16. The van der Waals surface area contributed by atoms with Crippen molar-refractivity contribution in [1.82, 2.24) is 4.98 Å². The number of nitrogens with zero attached hydrogens (tertiary/aromatic N) is 1. The molecule has 4 nitrogen and oxygen atoms in total. The summed E-state index contributed by atoms with van der Waals surface area (Å²) in [5.74, 6) is -0.797. The van der Waals surface area contributed by atoms with Crippen LogP contribution in [0.25, 0.3) is 0 Å². The van der Waals surface area contributed by atoms with E-state index < -0.39 is 11.9 Å². The Morgan fingerprint density at radius 1 is 1.77 bits per heavy atom. The molecule has 1 aromatic heterocycles. The van der Waals surface area contributed by atoms with Crippen molar-refractivity contribution in [1.29, 1.82) is 0 Å². The number of rotatable bonds is 3. The molecule has 0 saturated carbocycles. The summed E-state index contributed by atoms with van der Waals surface area (Å²) in [6, 6.07) is 0. The van der Waals surface area contributed by atoms with Crippen LogP contribution in [0.3, 0.4) is 0 Å². The van der Waals surface area contributed by atoms with E-state index in [2.05, 4.69) is 4.98 Å². The first kappa shape index (κ1) is 10.1. The van der Waals surface area contributed by atoms with Gasteiger partial charge in [-0.05, 0) is 18.5 Å². The van der Waals surface area contributed by atoms with E-state index in [0.29, 0.717) is 17.9 Å². The first-order valence-electron chi connectivity index (χ1n) is 3.85. The number of aliphatic carboxylic acids is 1. The smallest absolute Gasteiger partial charge is 0.306 e. The van der Waals surface area contributed by atoms with Gasteiger partial charge < -0.3 is 9.52 Å². The lowest BCUT2D eigenvalue weighted by atomic mass is 10.1. The number of carboxylic acids is 1. The second-order valence-electron chi connectivity index (χ2n) is 2.92. The number of hydrogen-bond donors (Lipinski definition) is 1. The zero-order valence-electron chi connectivity index (χ0n) is 7.37. The van der Waals surface area contributed by atoms with Gasteiger partial charge in [0.1, 0.15) is 5.76 Å². The van der Waals surface area contributed by atoms with Crippen LogP contribution in [0, 0.1) is 12.8 Å². The molecule has 1 rings (SSSR count). The summed E-state index contributed by atoms with van der Waals surface area (Å²) in [6.45, 7) is 3.34. The molecule has 72 valence electrons. The van der Waals surface area contributed by atoms with Crippen LogP contribution in [0.15, 0.2) is 4.42 Å². The molecule has 0 amide bonds. The quantitative estimate of drug-likeness (QED) is 0.815. The van der Waals surface area contributed by atoms with Crippen molar-refractivity contribution >= 4 is 17.6 Å². The standard InChI is InChI=1S/C8H10ClNO3/c1-4(7(11)12)3-6-5(2)10-8(9)13-6/h4H,3H2,1-2H3,(H,11,12). The maximum absolute atomic E-state index is 10.5. The van der Waals surface area contributed by atoms with Gasteiger partial charge in [0, 0.05) is 6.42 Å². The predicted octanol–water partition coefficient (Wildman–Crippen LogP) is 1.90. The second-order valence-corrected chi connectivity index (χ2v) is 3.24. The van der Waals surface area contributed by atoms with E-state index in [1.807, 2.05) is 0 Å². The number of aromatic nitrogens is 1. The summed E-state index contributed by atoms with van der Waals surface area (Å²) in [7, 11) is 0. The van der Waals surface area contributed by atoms with Crippen molar-refractivity contribution in [3.63, 3.8) is 0 Å². The molecular weight excluding hydrogens is 194 g/mol. The van der Waals surface area contributed by atoms with Gasteiger partial charge in [0.05, 0.1) is 11.6 Å². The van der Waals surface area contributed by atoms with Crippen LogP contribution in [0.1, 0.15) is 18.4 Å². The summed E-state index contributed by atoms with van der Waals surface area (Å²) >= 11 is 5.50. The highest BCUT2D eigenvalue weighted by molar-refractivity contribution is 6.27. The third kappa shape index (κ3) is 2.45. The van der Waals surface area contributed by atoms with Crippen molar-refractivity contribution in [3.8, 4) is 0 Å². The Kier molecular flexibility index (Phi) is 2.93. The Morgan fingerprint density at radius 2 is 2.38 bits per heavy atom. The highest BCUT2D eigenvalue weighted by Crippen LogP contribution is 2.17. The minimum atomic E-state index is -0.855. The first-order chi connectivity index (χ1) is 6.00. The maximum atomic E-state index is 10.5. The molecule has 1 N–H and O–H groups in total. The number of hydrogen-bond acceptors (Lipinski definition) is 3. The van der Waals surface area contributed by atoms with E-state index >= 15 is 0 Å². The van der Waals surface area contributed by atoms with E-state index in [4.69, 9.17) is 21.1 Å². The summed E-state index contributed by atoms with van der Waals surface area (Å²) in [4.78, 5) is 14.4. The van der Waals surface area contributed by atoms with Gasteiger partial charge in [-0.1, -0.05) is 6.92 Å². The number of oxazole rings is 1. The normalized spacial score (nSPS) is 12.8. The van der Waals surface area contributed by atoms with Crippen LogP contribution >= 0.6 is 11.6 Å². The largest absolute Gasteiger partial charge is 0.481 e. The van der Waals surface area contributed by atoms with Gasteiger partial charge in [0.15, 0.2) is 0 Å². The van der Waals surface area contributed by atoms with Gasteiger partial charge in [0.2, 0.25) is 0 Å². The lowest BCUT2D eigenvalue weighted by molar-refractivity contribution is -0.141. The van der Waals surface area contributed by atoms with Crippen molar-refractivity contribution in [2.75, 3.05) is 0 Å². The molecule has 13 heavy (non-hydrogen) atoms. The molecule has 1 aromatic rings. The Balaban J connectivity index is 2.74. The minimum Gasteiger partial charge on any atom is -0.481 e. The van der Waals surface area contributed by atoms with Gasteiger partial charge >= 0.3 is 5.97 Å². The first-order valence-corrected chi connectivity index (χ1v) is 4.23. The van der Waals surface area contributed by atoms with Crippen LogP contribution in [-0.4, -0.2) is 16.1 Å². The number of aryl methyl sites for hydroxylation is 1. The summed E-state index contributed by atoms with van der Waals surface area (Å²) in [5, 5.41) is 8.71. The second kappa shape index (κ2) is 3.79. The fourth-order valence-corrected chi connectivity index (χ4v) is 1.17. The molecule has 1 atom stereocenters. The fourth-order valence-electron chi connectivity index (χ4n) is 0.947. The molecule has 0 radical (unpaired) electrons. The summed E-state index contributed by atoms with van der Waals surface area (Å²) in [5.41, 5.74) is 0.651. The van der Waals surface area contributed by atoms with Crippen LogP contribution < -0.4 is 0 Å². The topological polar surface area (TPSA) is 63.3 Å². The van der Waals surface area contributed by atoms with E-state index in [9.17, 15) is 4.79 Å². The highest BCUT2D eigenvalue weighted by atomic mass is 35.5. The monoisotopic (exact) mass is 203 g/mol. The zero-order chi connectivity index (χ0) is 10.0. The molecule has 0 saturated heterocycles. The molecule has 1 unspecified atom stereocenters. The van der Waals surface area contributed by atoms with Crippen LogP contribution in [0.5, 0.6) is 0 Å². The molecule has 0 aliphatic carbocycles. The summed E-state index contributed by atoms with van der Waals surface area (Å²) in [6.07, 6.45) is 0.320. The lowest BCUT2D eigenvalue weighted by Crippen LogP contribution is -2.12. The number of carbonyl (C=O) groups is 1. The molecule has 0 bridgehead atoms. The number of carboxylic acid groups (broad SMARTS) is 1. The Hall–Kier alpha value is -1.03. The van der Waals surface area contributed by atoms with E-state index in [1.165, 1.54) is 0 Å². The predicted molar refractivity (Wildman–Crippen MR) is 46.8 cm³/mol. The third-order valence-corrected chi connectivity index (χ3v) is 1.94. The van der Waals surface area contributed by atoms with Crippen LogP contribution in [0.4, 0.5) is 0 Å². The molecule has 0 aliphatic heterocycles. The molecule has 5 heteroatoms. The Labute approximate surface area is 80.5 Å². The molecule has 0 fully saturated rings. The van der Waals surface area contributed by atoms with Gasteiger partial charge in [-0.15, -0.1) is 0 Å². The van der Waals surface area contributed by atoms with Crippen LogP contribution in [0.2, 0.25) is 5.35 Å². The van der Waals surface area contributed by atoms with Crippen molar-refractivity contribution in [3.05, 3.63) is 16.8 Å². The van der Waals surface area contributed by atoms with Crippen molar-refractivity contribution in [2.24, 2.45) is 5.92 Å². The van der Waals surface area contributed by atoms with Crippen molar-refractivity contribution < 1.29 is 14.3 Å². The Bertz CT molecular complexity index is 321. The average molecular weight is 204 g/mol. The maximum Gasteiger partial charge on any atom is 0.306 e. The van der Waals surface area contributed by atoms with Gasteiger partial charge in [-0.3, -0.25) is 4.79 Å². The summed E-state index contributed by atoms with van der Waals surface area (Å²) < 4.78 is 5.03. The Morgan fingerprint density at radius 3 is 2.77 bits per heavy atom. The minimum absolute atomic E-state index is 0.0603. The SMILES string of the molecule is Cc1nc(Cl)oc1CC(C)C(=O)O. The van der Waals surface area contributed by atoms with Crippen molar-refractivity contribution in [2.45, 2.75) is 20.3 Å². The number of halogens is 1. The molecular formula is C8H10ClNO3. The van der Waals surface area contributed by atoms with Crippen LogP contribution in [-0.2, 0) is 11.2 Å². The molecule has 0 aromatic carbocycles. The zero-order valence-corrected chi connectivity index (χ0v) is 8.13. The van der Waals surface area contributed by atoms with E-state index in [1.54, 1.807) is 13.8 Å². The van der Waals surface area contributed by atoms with E-state index in [0.717, 1.165) is 0 Å². The van der Waals surface area contributed by atoms with Gasteiger partial charge in [0.25, 0.3) is 5.35 Å². The lowest BCUT2D eigenvalue weighted by Gasteiger charge is -2.02. The van der Waals surface area contributed by atoms with Gasteiger partial charge in [-0.2, -0.15) is 0 Å². The fraction of sp³-hybridized carbons (Fsp3) is 0.500. The third-order valence-electron chi connectivity index (χ3n) is 1.78. The average Bonchev–Trinajstić information content (AvgIpc) is 2.30.